The van der Waals surface area contributed by atoms with Crippen LogP contribution in [0.25, 0.3) is 0 Å². The van der Waals surface area contributed by atoms with E-state index in [0.717, 1.165) is 19.3 Å². The van der Waals surface area contributed by atoms with Crippen LogP contribution in [0.3, 0.4) is 0 Å². The van der Waals surface area contributed by atoms with Crippen LogP contribution in [0.5, 0.6) is 0 Å². The van der Waals surface area contributed by atoms with Crippen molar-refractivity contribution < 1.29 is 19.8 Å². The molecule has 0 aliphatic heterocycles. The molecule has 0 spiro atoms. The van der Waals surface area contributed by atoms with Gasteiger partial charge in [-0.05, 0) is 18.8 Å². The third kappa shape index (κ3) is 1.80. The summed E-state index contributed by atoms with van der Waals surface area (Å²) in [4.78, 5) is 21.9. The monoisotopic (exact) mass is 200 g/mol. The van der Waals surface area contributed by atoms with Crippen molar-refractivity contribution in [1.82, 2.24) is 0 Å². The minimum atomic E-state index is -1.61. The number of carbonyl (C=O) groups is 2. The first-order valence-electron chi connectivity index (χ1n) is 5.02. The molecular formula is C10H16O4. The fourth-order valence-corrected chi connectivity index (χ4v) is 2.25. The smallest absolute Gasteiger partial charge is 0.375 e. The largest absolute Gasteiger partial charge is 0.475 e. The highest BCUT2D eigenvalue weighted by Gasteiger charge is 2.47. The number of Topliss-reactive ketones (excluding diaryl/α,β-unsaturated/α-hetero) is 1. The van der Waals surface area contributed by atoms with E-state index >= 15 is 0 Å². The summed E-state index contributed by atoms with van der Waals surface area (Å²) in [6.45, 7) is 1.87. The normalized spacial score (nSPS) is 32.6. The number of carboxylic acid groups (broad SMARTS) is 1. The van der Waals surface area contributed by atoms with E-state index in [1.807, 2.05) is 6.92 Å². The number of aliphatic hydroxyl groups is 1. The number of carboxylic acids is 1. The molecular weight excluding hydrogens is 184 g/mol. The maximum absolute atomic E-state index is 11.3. The average Bonchev–Trinajstić information content (AvgIpc) is 2.17. The molecule has 1 aliphatic rings. The van der Waals surface area contributed by atoms with E-state index in [1.54, 1.807) is 0 Å². The summed E-state index contributed by atoms with van der Waals surface area (Å²) in [5.74, 6) is -2.75. The summed E-state index contributed by atoms with van der Waals surface area (Å²) in [5.41, 5.74) is -1.61. The van der Waals surface area contributed by atoms with Gasteiger partial charge in [0.2, 0.25) is 0 Å². The zero-order chi connectivity index (χ0) is 10.8. The lowest BCUT2D eigenvalue weighted by Crippen LogP contribution is -2.50. The lowest BCUT2D eigenvalue weighted by molar-refractivity contribution is -0.165. The third-order valence-electron chi connectivity index (χ3n) is 3.12. The van der Waals surface area contributed by atoms with Crippen LogP contribution in [0.1, 0.15) is 39.0 Å². The van der Waals surface area contributed by atoms with E-state index in [2.05, 4.69) is 0 Å². The van der Waals surface area contributed by atoms with Crippen molar-refractivity contribution in [2.45, 2.75) is 44.6 Å². The Kier molecular flexibility index (Phi) is 3.26. The molecule has 14 heavy (non-hydrogen) atoms. The van der Waals surface area contributed by atoms with Crippen molar-refractivity contribution in [3.8, 4) is 0 Å². The molecule has 0 amide bonds. The van der Waals surface area contributed by atoms with Gasteiger partial charge in [0.15, 0.2) is 0 Å². The highest BCUT2D eigenvalue weighted by molar-refractivity contribution is 6.36. The van der Waals surface area contributed by atoms with Gasteiger partial charge in [-0.25, -0.2) is 4.79 Å². The number of carbonyl (C=O) groups excluding carboxylic acids is 1. The third-order valence-corrected chi connectivity index (χ3v) is 3.12. The lowest BCUT2D eigenvalue weighted by atomic mass is 9.72. The van der Waals surface area contributed by atoms with Crippen molar-refractivity contribution in [2.75, 3.05) is 0 Å². The molecule has 0 aromatic carbocycles. The van der Waals surface area contributed by atoms with Crippen LogP contribution < -0.4 is 0 Å². The maximum atomic E-state index is 11.3. The number of ketones is 1. The molecule has 1 aliphatic carbocycles. The van der Waals surface area contributed by atoms with Gasteiger partial charge in [0.1, 0.15) is 5.60 Å². The molecule has 0 radical (unpaired) electrons. The highest BCUT2D eigenvalue weighted by Crippen LogP contribution is 2.36. The van der Waals surface area contributed by atoms with Crippen LogP contribution in [-0.4, -0.2) is 27.6 Å². The molecule has 0 saturated heterocycles. The zero-order valence-corrected chi connectivity index (χ0v) is 8.32. The van der Waals surface area contributed by atoms with Gasteiger partial charge in [-0.3, -0.25) is 4.79 Å². The summed E-state index contributed by atoms with van der Waals surface area (Å²) in [7, 11) is 0. The summed E-state index contributed by atoms with van der Waals surface area (Å²) in [6, 6.07) is 0. The molecule has 0 bridgehead atoms. The van der Waals surface area contributed by atoms with Gasteiger partial charge in [-0.15, -0.1) is 0 Å². The van der Waals surface area contributed by atoms with Gasteiger partial charge >= 0.3 is 5.97 Å². The average molecular weight is 200 g/mol. The van der Waals surface area contributed by atoms with E-state index in [4.69, 9.17) is 5.11 Å². The predicted molar refractivity (Wildman–Crippen MR) is 49.8 cm³/mol. The van der Waals surface area contributed by atoms with Gasteiger partial charge in [-0.2, -0.15) is 0 Å². The van der Waals surface area contributed by atoms with Crippen molar-refractivity contribution in [3.05, 3.63) is 0 Å². The first kappa shape index (κ1) is 11.2. The molecule has 4 nitrogen and oxygen atoms in total. The molecule has 0 aromatic rings. The van der Waals surface area contributed by atoms with Crippen LogP contribution in [-0.2, 0) is 9.59 Å². The van der Waals surface area contributed by atoms with E-state index in [1.165, 1.54) is 0 Å². The van der Waals surface area contributed by atoms with Gasteiger partial charge < -0.3 is 10.2 Å². The summed E-state index contributed by atoms with van der Waals surface area (Å²) in [5, 5.41) is 18.6. The van der Waals surface area contributed by atoms with Crippen molar-refractivity contribution in [1.29, 1.82) is 0 Å². The van der Waals surface area contributed by atoms with Gasteiger partial charge in [0, 0.05) is 0 Å². The lowest BCUT2D eigenvalue weighted by Gasteiger charge is -2.36. The van der Waals surface area contributed by atoms with E-state index < -0.39 is 17.4 Å². The summed E-state index contributed by atoms with van der Waals surface area (Å²) < 4.78 is 0. The Balaban J connectivity index is 2.87. The molecule has 2 atom stereocenters. The van der Waals surface area contributed by atoms with Gasteiger partial charge in [-0.1, -0.05) is 26.2 Å². The minimum absolute atomic E-state index is 0.195. The fraction of sp³-hybridized carbons (Fsp3) is 0.800. The van der Waals surface area contributed by atoms with E-state index in [9.17, 15) is 14.7 Å². The number of aliphatic carboxylic acids is 1. The van der Waals surface area contributed by atoms with Crippen LogP contribution in [0.15, 0.2) is 0 Å². The van der Waals surface area contributed by atoms with Crippen LogP contribution in [0.2, 0.25) is 0 Å². The Labute approximate surface area is 82.9 Å². The molecule has 2 N–H and O–H groups in total. The number of hydrogen-bond donors (Lipinski definition) is 2. The van der Waals surface area contributed by atoms with Crippen LogP contribution in [0, 0.1) is 5.92 Å². The second-order valence-corrected chi connectivity index (χ2v) is 3.91. The van der Waals surface area contributed by atoms with E-state index in [0.29, 0.717) is 6.42 Å². The second kappa shape index (κ2) is 4.09. The zero-order valence-electron chi connectivity index (χ0n) is 8.32. The van der Waals surface area contributed by atoms with Crippen molar-refractivity contribution >= 4 is 11.8 Å². The van der Waals surface area contributed by atoms with Crippen molar-refractivity contribution in [3.63, 3.8) is 0 Å². The fourth-order valence-electron chi connectivity index (χ4n) is 2.25. The molecule has 0 aromatic heterocycles. The van der Waals surface area contributed by atoms with Crippen LogP contribution >= 0.6 is 0 Å². The first-order chi connectivity index (χ1) is 6.52. The quantitative estimate of drug-likeness (QED) is 0.666. The standard InChI is InChI=1S/C10H16O4/c1-2-7-5-3-4-6-10(7,14)8(11)9(12)13/h7,14H,2-6H2,1H3,(H,12,13)/t7-,10+/m1/s1. The Bertz CT molecular complexity index is 249. The maximum Gasteiger partial charge on any atom is 0.375 e. The molecule has 1 fully saturated rings. The Morgan fingerprint density at radius 1 is 1.43 bits per heavy atom. The number of rotatable bonds is 3. The molecule has 0 unspecified atom stereocenters. The minimum Gasteiger partial charge on any atom is -0.475 e. The molecule has 80 valence electrons. The summed E-state index contributed by atoms with van der Waals surface area (Å²) >= 11 is 0. The summed E-state index contributed by atoms with van der Waals surface area (Å²) in [6.07, 6.45) is 3.37. The SMILES string of the molecule is CC[C@@H]1CCCC[C@@]1(O)C(=O)C(=O)O. The molecule has 1 saturated carbocycles. The van der Waals surface area contributed by atoms with E-state index in [-0.39, 0.29) is 12.3 Å². The number of hydrogen-bond acceptors (Lipinski definition) is 3. The van der Waals surface area contributed by atoms with Gasteiger partial charge in [0.25, 0.3) is 5.78 Å². The predicted octanol–water partition coefficient (Wildman–Crippen LogP) is 0.971. The Morgan fingerprint density at radius 2 is 2.07 bits per heavy atom. The second-order valence-electron chi connectivity index (χ2n) is 3.91. The Morgan fingerprint density at radius 3 is 2.57 bits per heavy atom. The Hall–Kier alpha value is -0.900. The van der Waals surface area contributed by atoms with Crippen molar-refractivity contribution in [2.24, 2.45) is 5.92 Å². The first-order valence-corrected chi connectivity index (χ1v) is 5.02. The molecule has 4 heteroatoms. The van der Waals surface area contributed by atoms with Gasteiger partial charge in [0.05, 0.1) is 0 Å². The molecule has 0 heterocycles. The van der Waals surface area contributed by atoms with Crippen LogP contribution in [0.4, 0.5) is 0 Å². The topological polar surface area (TPSA) is 74.6 Å². The highest BCUT2D eigenvalue weighted by atomic mass is 16.4. The molecule has 1 rings (SSSR count).